The molecule has 2 amide bonds. The van der Waals surface area contributed by atoms with E-state index in [1.54, 1.807) is 47.4 Å². The van der Waals surface area contributed by atoms with Crippen LogP contribution in [0.2, 0.25) is 0 Å². The summed E-state index contributed by atoms with van der Waals surface area (Å²) in [5.41, 5.74) is 0.817. The maximum Gasteiger partial charge on any atom is 0.416 e. The van der Waals surface area contributed by atoms with Crippen LogP contribution < -0.4 is 5.32 Å². The lowest BCUT2D eigenvalue weighted by Crippen LogP contribution is -2.46. The molecule has 8 heteroatoms. The smallest absolute Gasteiger partial charge is 0.352 e. The molecule has 0 saturated carbocycles. The Morgan fingerprint density at radius 1 is 0.914 bits per heavy atom. The molecular weight excluding hydrogens is 460 g/mol. The van der Waals surface area contributed by atoms with Crippen molar-refractivity contribution in [1.29, 1.82) is 0 Å². The Bertz CT molecular complexity index is 1180. The Morgan fingerprint density at radius 2 is 1.63 bits per heavy atom. The molecule has 1 aliphatic rings. The van der Waals surface area contributed by atoms with Crippen molar-refractivity contribution in [2.75, 3.05) is 6.54 Å². The van der Waals surface area contributed by atoms with E-state index < -0.39 is 17.7 Å². The Labute approximate surface area is 200 Å². The maximum absolute atomic E-state index is 13.5. The number of piperidine rings is 1. The first-order valence-electron chi connectivity index (χ1n) is 11.3. The fourth-order valence-electron chi connectivity index (χ4n) is 4.38. The number of halogens is 4. The van der Waals surface area contributed by atoms with Crippen molar-refractivity contribution >= 4 is 11.8 Å². The second kappa shape index (κ2) is 10.3. The second-order valence-electron chi connectivity index (χ2n) is 8.58. The van der Waals surface area contributed by atoms with Crippen molar-refractivity contribution in [3.63, 3.8) is 0 Å². The third kappa shape index (κ3) is 5.88. The van der Waals surface area contributed by atoms with E-state index in [1.165, 1.54) is 24.3 Å². The minimum atomic E-state index is -4.46. The molecule has 2 atom stereocenters. The highest BCUT2D eigenvalue weighted by Gasteiger charge is 2.36. The zero-order chi connectivity index (χ0) is 25.0. The predicted octanol–water partition coefficient (Wildman–Crippen LogP) is 5.75. The molecule has 0 radical (unpaired) electrons. The molecule has 1 heterocycles. The molecular formula is C27H24F4N2O2. The van der Waals surface area contributed by atoms with Crippen LogP contribution in [0.25, 0.3) is 0 Å². The molecule has 4 nitrogen and oxygen atoms in total. The summed E-state index contributed by atoms with van der Waals surface area (Å²) in [4.78, 5) is 27.9. The standard InChI is InChI=1S/C27H24F4N2O2/c28-23-12-9-19(10-13-23)24-14-11-21(17-33(24)26(35)20-6-2-1-3-7-20)25(34)32-16-18-5-4-8-22(15-18)27(29,30)31/h1-10,12-13,15,21,24H,11,14,16-17H2,(H,32,34). The van der Waals surface area contributed by atoms with Crippen LogP contribution >= 0.6 is 0 Å². The topological polar surface area (TPSA) is 49.4 Å². The molecule has 0 aromatic heterocycles. The van der Waals surface area contributed by atoms with Crippen molar-refractivity contribution in [3.05, 3.63) is 107 Å². The number of nitrogens with one attached hydrogen (secondary N) is 1. The molecule has 0 spiro atoms. The largest absolute Gasteiger partial charge is 0.416 e. The fraction of sp³-hybridized carbons (Fsp3) is 0.259. The summed E-state index contributed by atoms with van der Waals surface area (Å²) in [5.74, 6) is -1.47. The van der Waals surface area contributed by atoms with Gasteiger partial charge in [-0.3, -0.25) is 9.59 Å². The van der Waals surface area contributed by atoms with Gasteiger partial charge < -0.3 is 10.2 Å². The van der Waals surface area contributed by atoms with Crippen LogP contribution in [0.5, 0.6) is 0 Å². The predicted molar refractivity (Wildman–Crippen MR) is 123 cm³/mol. The summed E-state index contributed by atoms with van der Waals surface area (Å²) < 4.78 is 52.4. The lowest BCUT2D eigenvalue weighted by molar-refractivity contribution is -0.137. The second-order valence-corrected chi connectivity index (χ2v) is 8.58. The molecule has 2 unspecified atom stereocenters. The number of carbonyl (C=O) groups excluding carboxylic acids is 2. The molecule has 0 aliphatic carbocycles. The summed E-state index contributed by atoms with van der Waals surface area (Å²) in [6.07, 6.45) is -3.49. The molecule has 1 aliphatic heterocycles. The van der Waals surface area contributed by atoms with Gasteiger partial charge in [-0.1, -0.05) is 42.5 Å². The zero-order valence-corrected chi connectivity index (χ0v) is 18.8. The number of rotatable bonds is 5. The Morgan fingerprint density at radius 3 is 2.31 bits per heavy atom. The van der Waals surface area contributed by atoms with Crippen LogP contribution in [-0.2, 0) is 17.5 Å². The Kier molecular flexibility index (Phi) is 7.19. The van der Waals surface area contributed by atoms with Crippen molar-refractivity contribution in [2.24, 2.45) is 5.92 Å². The fourth-order valence-corrected chi connectivity index (χ4v) is 4.38. The first-order chi connectivity index (χ1) is 16.7. The van der Waals surface area contributed by atoms with Gasteiger partial charge in [0.05, 0.1) is 17.5 Å². The van der Waals surface area contributed by atoms with E-state index in [0.29, 0.717) is 24.0 Å². The van der Waals surface area contributed by atoms with Gasteiger partial charge in [-0.05, 0) is 60.4 Å². The van der Waals surface area contributed by atoms with E-state index in [9.17, 15) is 27.2 Å². The number of carbonyl (C=O) groups is 2. The Hall–Kier alpha value is -3.68. The molecule has 1 saturated heterocycles. The van der Waals surface area contributed by atoms with E-state index in [4.69, 9.17) is 0 Å². The highest BCUT2D eigenvalue weighted by molar-refractivity contribution is 5.95. The average molecular weight is 484 g/mol. The van der Waals surface area contributed by atoms with Gasteiger partial charge in [0.1, 0.15) is 5.82 Å². The normalized spacial score (nSPS) is 18.2. The molecule has 182 valence electrons. The molecule has 1 fully saturated rings. The average Bonchev–Trinajstić information content (AvgIpc) is 2.87. The minimum Gasteiger partial charge on any atom is -0.352 e. The lowest BCUT2D eigenvalue weighted by atomic mass is 9.87. The van der Waals surface area contributed by atoms with Crippen molar-refractivity contribution in [3.8, 4) is 0 Å². The summed E-state index contributed by atoms with van der Waals surface area (Å²) in [5, 5.41) is 2.71. The number of nitrogens with zero attached hydrogens (tertiary/aromatic N) is 1. The molecule has 4 rings (SSSR count). The summed E-state index contributed by atoms with van der Waals surface area (Å²) in [6.45, 7) is 0.0947. The van der Waals surface area contributed by atoms with Crippen molar-refractivity contribution < 1.29 is 27.2 Å². The van der Waals surface area contributed by atoms with Crippen LogP contribution in [0, 0.1) is 11.7 Å². The van der Waals surface area contributed by atoms with Crippen LogP contribution in [-0.4, -0.2) is 23.3 Å². The Balaban J connectivity index is 1.49. The van der Waals surface area contributed by atoms with Gasteiger partial charge in [0, 0.05) is 18.7 Å². The summed E-state index contributed by atoms with van der Waals surface area (Å²) >= 11 is 0. The van der Waals surface area contributed by atoms with E-state index in [0.717, 1.165) is 17.7 Å². The first kappa shape index (κ1) is 24.4. The molecule has 3 aromatic carbocycles. The molecule has 35 heavy (non-hydrogen) atoms. The quantitative estimate of drug-likeness (QED) is 0.469. The summed E-state index contributed by atoms with van der Waals surface area (Å²) in [6, 6.07) is 19.2. The van der Waals surface area contributed by atoms with Crippen molar-refractivity contribution in [2.45, 2.75) is 31.6 Å². The number of benzene rings is 3. The SMILES string of the molecule is O=C(NCc1cccc(C(F)(F)F)c1)C1CCC(c2ccc(F)cc2)N(C(=O)c2ccccc2)C1. The number of amides is 2. The number of hydrogen-bond acceptors (Lipinski definition) is 2. The van der Waals surface area contributed by atoms with Crippen LogP contribution in [0.1, 0.15) is 45.9 Å². The van der Waals surface area contributed by atoms with Gasteiger partial charge in [0.2, 0.25) is 5.91 Å². The van der Waals surface area contributed by atoms with Crippen LogP contribution in [0.3, 0.4) is 0 Å². The summed E-state index contributed by atoms with van der Waals surface area (Å²) in [7, 11) is 0. The van der Waals surface area contributed by atoms with Gasteiger partial charge in [-0.25, -0.2) is 4.39 Å². The van der Waals surface area contributed by atoms with Gasteiger partial charge in [-0.15, -0.1) is 0 Å². The van der Waals surface area contributed by atoms with Crippen LogP contribution in [0.15, 0.2) is 78.9 Å². The maximum atomic E-state index is 13.5. The monoisotopic (exact) mass is 484 g/mol. The van der Waals surface area contributed by atoms with Crippen LogP contribution in [0.4, 0.5) is 17.6 Å². The lowest BCUT2D eigenvalue weighted by Gasteiger charge is -2.39. The number of hydrogen-bond donors (Lipinski definition) is 1. The first-order valence-corrected chi connectivity index (χ1v) is 11.3. The molecule has 0 bridgehead atoms. The third-order valence-electron chi connectivity index (χ3n) is 6.21. The highest BCUT2D eigenvalue weighted by atomic mass is 19.4. The van der Waals surface area contributed by atoms with E-state index in [2.05, 4.69) is 5.32 Å². The van der Waals surface area contributed by atoms with E-state index in [-0.39, 0.29) is 36.8 Å². The van der Waals surface area contributed by atoms with Gasteiger partial charge in [-0.2, -0.15) is 13.2 Å². The minimum absolute atomic E-state index is 0.0483. The third-order valence-corrected chi connectivity index (χ3v) is 6.21. The zero-order valence-electron chi connectivity index (χ0n) is 18.8. The van der Waals surface area contributed by atoms with Crippen molar-refractivity contribution in [1.82, 2.24) is 10.2 Å². The van der Waals surface area contributed by atoms with Gasteiger partial charge >= 0.3 is 6.18 Å². The van der Waals surface area contributed by atoms with Gasteiger partial charge in [0.25, 0.3) is 5.91 Å². The van der Waals surface area contributed by atoms with Gasteiger partial charge in [0.15, 0.2) is 0 Å². The van der Waals surface area contributed by atoms with E-state index in [1.807, 2.05) is 0 Å². The highest BCUT2D eigenvalue weighted by Crippen LogP contribution is 2.35. The molecule has 1 N–H and O–H groups in total. The van der Waals surface area contributed by atoms with E-state index >= 15 is 0 Å². The number of likely N-dealkylation sites (tertiary alicyclic amines) is 1. The molecule has 3 aromatic rings. The number of alkyl halides is 3.